The number of phenolic OH excluding ortho intramolecular Hbond substituents is 1. The maximum atomic E-state index is 13.2. The number of hydrogen-bond donors (Lipinski definition) is 8. The van der Waals surface area contributed by atoms with Gasteiger partial charge in [-0.25, -0.2) is 9.78 Å². The maximum absolute atomic E-state index is 13.2. The van der Waals surface area contributed by atoms with E-state index < -0.39 is 60.2 Å². The average Bonchev–Trinajstić information content (AvgIpc) is 3.40. The Bertz CT molecular complexity index is 1140. The van der Waals surface area contributed by atoms with Crippen LogP contribution in [-0.4, -0.2) is 73.9 Å². The van der Waals surface area contributed by atoms with E-state index in [4.69, 9.17) is 11.5 Å². The number of hydrogen-bond acceptors (Lipinski definition) is 8. The van der Waals surface area contributed by atoms with E-state index in [1.807, 2.05) is 6.92 Å². The highest BCUT2D eigenvalue weighted by molar-refractivity contribution is 5.96. The number of amides is 4. The number of carbonyl (C=O) groups excluding carboxylic acids is 4. The number of primary amides is 1. The number of carboxylic acids is 1. The number of imidazole rings is 1. The second-order valence-electron chi connectivity index (χ2n) is 9.26. The minimum Gasteiger partial charge on any atom is -0.508 e. The lowest BCUT2D eigenvalue weighted by atomic mass is 9.99. The molecule has 1 heterocycles. The molecule has 0 bridgehead atoms. The number of phenols is 1. The third kappa shape index (κ3) is 9.74. The van der Waals surface area contributed by atoms with Gasteiger partial charge < -0.3 is 42.6 Å². The number of aromatic hydroxyl groups is 1. The van der Waals surface area contributed by atoms with Gasteiger partial charge in [0.25, 0.3) is 0 Å². The lowest BCUT2D eigenvalue weighted by Gasteiger charge is -2.25. The fourth-order valence-electron chi connectivity index (χ4n) is 3.63. The van der Waals surface area contributed by atoms with Crippen molar-refractivity contribution in [3.8, 4) is 5.75 Å². The molecule has 5 atom stereocenters. The molecule has 1 aromatic heterocycles. The third-order valence-corrected chi connectivity index (χ3v) is 6.20. The summed E-state index contributed by atoms with van der Waals surface area (Å²) in [5.74, 6) is -4.78. The standard InChI is InChI=1S/C25H35N7O7/c1-3-13(2)21(27)24(37)31-18(10-20(26)34)23(36)30-17(9-15-11-28-12-29-15)22(35)32-19(25(38)39)8-14-4-6-16(33)7-5-14/h4-7,11-13,17-19,21,33H,3,8-10,27H2,1-2H3,(H2,26,34)(H,28,29)(H,30,36)(H,31,37)(H,32,35)(H,38,39). The van der Waals surface area contributed by atoms with Gasteiger partial charge >= 0.3 is 5.97 Å². The first-order chi connectivity index (χ1) is 18.4. The molecule has 10 N–H and O–H groups in total. The summed E-state index contributed by atoms with van der Waals surface area (Å²) < 4.78 is 0. The molecule has 0 aliphatic rings. The van der Waals surface area contributed by atoms with Gasteiger partial charge in [-0.15, -0.1) is 0 Å². The summed E-state index contributed by atoms with van der Waals surface area (Å²) >= 11 is 0. The minimum absolute atomic E-state index is 0.000270. The molecule has 1 aromatic carbocycles. The second-order valence-corrected chi connectivity index (χ2v) is 9.26. The van der Waals surface area contributed by atoms with Crippen LogP contribution >= 0.6 is 0 Å². The molecule has 0 radical (unpaired) electrons. The number of nitrogens with two attached hydrogens (primary N) is 2. The summed E-state index contributed by atoms with van der Waals surface area (Å²) in [7, 11) is 0. The molecule has 0 saturated carbocycles. The molecule has 0 fully saturated rings. The van der Waals surface area contributed by atoms with Crippen LogP contribution < -0.4 is 27.4 Å². The van der Waals surface area contributed by atoms with Gasteiger partial charge in [0.2, 0.25) is 23.6 Å². The highest BCUT2D eigenvalue weighted by Crippen LogP contribution is 2.12. The molecule has 0 aliphatic carbocycles. The molecule has 14 heteroatoms. The topological polar surface area (TPSA) is 243 Å². The van der Waals surface area contributed by atoms with Crippen molar-refractivity contribution in [2.24, 2.45) is 17.4 Å². The molecule has 0 spiro atoms. The van der Waals surface area contributed by atoms with Gasteiger partial charge in [-0.2, -0.15) is 0 Å². The number of aliphatic carboxylic acids is 1. The highest BCUT2D eigenvalue weighted by Gasteiger charge is 2.32. The molecular formula is C25H35N7O7. The molecule has 4 amide bonds. The number of aromatic amines is 1. The molecule has 2 aromatic rings. The van der Waals surface area contributed by atoms with Crippen LogP contribution in [0.2, 0.25) is 0 Å². The van der Waals surface area contributed by atoms with Crippen molar-refractivity contribution in [2.75, 3.05) is 0 Å². The molecular weight excluding hydrogens is 510 g/mol. The van der Waals surface area contributed by atoms with Crippen molar-refractivity contribution in [1.82, 2.24) is 25.9 Å². The first kappa shape index (κ1) is 30.8. The summed E-state index contributed by atoms with van der Waals surface area (Å²) in [6.07, 6.45) is 2.63. The van der Waals surface area contributed by atoms with Crippen molar-refractivity contribution >= 4 is 29.6 Å². The van der Waals surface area contributed by atoms with Gasteiger partial charge in [0, 0.05) is 24.7 Å². The normalized spacial score (nSPS) is 14.7. The highest BCUT2D eigenvalue weighted by atomic mass is 16.4. The Labute approximate surface area is 224 Å². The smallest absolute Gasteiger partial charge is 0.326 e. The Morgan fingerprint density at radius 3 is 2.08 bits per heavy atom. The van der Waals surface area contributed by atoms with E-state index in [1.165, 1.54) is 36.8 Å². The van der Waals surface area contributed by atoms with Crippen LogP contribution in [0.5, 0.6) is 5.75 Å². The summed E-state index contributed by atoms with van der Waals surface area (Å²) in [4.78, 5) is 69.1. The van der Waals surface area contributed by atoms with Crippen LogP contribution in [-0.2, 0) is 36.8 Å². The Kier molecular flexibility index (Phi) is 11.4. The van der Waals surface area contributed by atoms with Crippen molar-refractivity contribution in [2.45, 2.75) is 63.7 Å². The average molecular weight is 546 g/mol. The Morgan fingerprint density at radius 1 is 0.949 bits per heavy atom. The van der Waals surface area contributed by atoms with Gasteiger partial charge in [-0.3, -0.25) is 19.2 Å². The van der Waals surface area contributed by atoms with E-state index in [0.29, 0.717) is 17.7 Å². The van der Waals surface area contributed by atoms with E-state index in [9.17, 15) is 34.2 Å². The Balaban J connectivity index is 2.23. The number of rotatable bonds is 15. The van der Waals surface area contributed by atoms with Gasteiger partial charge in [-0.1, -0.05) is 32.4 Å². The van der Waals surface area contributed by atoms with Gasteiger partial charge in [0.05, 0.1) is 18.8 Å². The van der Waals surface area contributed by atoms with E-state index >= 15 is 0 Å². The maximum Gasteiger partial charge on any atom is 0.326 e. The molecule has 0 aliphatic heterocycles. The van der Waals surface area contributed by atoms with E-state index in [2.05, 4.69) is 25.9 Å². The summed E-state index contributed by atoms with van der Waals surface area (Å²) in [5, 5.41) is 26.4. The SMILES string of the molecule is CCC(C)C(N)C(=O)NC(CC(N)=O)C(=O)NC(Cc1cnc[nH]1)C(=O)NC(Cc1ccc(O)cc1)C(=O)O. The van der Waals surface area contributed by atoms with Gasteiger partial charge in [0.1, 0.15) is 23.9 Å². The Hall–Kier alpha value is -4.46. The van der Waals surface area contributed by atoms with Crippen molar-refractivity contribution < 1.29 is 34.2 Å². The van der Waals surface area contributed by atoms with Crippen LogP contribution in [0.3, 0.4) is 0 Å². The van der Waals surface area contributed by atoms with E-state index in [-0.39, 0.29) is 24.5 Å². The zero-order valence-corrected chi connectivity index (χ0v) is 21.7. The quantitative estimate of drug-likeness (QED) is 0.132. The van der Waals surface area contributed by atoms with Crippen LogP contribution in [0.1, 0.15) is 37.9 Å². The third-order valence-electron chi connectivity index (χ3n) is 6.20. The fraction of sp³-hybridized carbons (Fsp3) is 0.440. The summed E-state index contributed by atoms with van der Waals surface area (Å²) in [6, 6.07) is 0.765. The van der Waals surface area contributed by atoms with Crippen molar-refractivity contribution in [1.29, 1.82) is 0 Å². The monoisotopic (exact) mass is 545 g/mol. The van der Waals surface area contributed by atoms with Gasteiger partial charge in [-0.05, 0) is 23.6 Å². The molecule has 14 nitrogen and oxygen atoms in total. The van der Waals surface area contributed by atoms with Crippen LogP contribution in [0.15, 0.2) is 36.8 Å². The zero-order valence-electron chi connectivity index (χ0n) is 21.7. The predicted molar refractivity (Wildman–Crippen MR) is 139 cm³/mol. The van der Waals surface area contributed by atoms with E-state index in [0.717, 1.165) is 0 Å². The molecule has 5 unspecified atom stereocenters. The first-order valence-electron chi connectivity index (χ1n) is 12.3. The molecule has 212 valence electrons. The fourth-order valence-corrected chi connectivity index (χ4v) is 3.63. The van der Waals surface area contributed by atoms with Crippen LogP contribution in [0.25, 0.3) is 0 Å². The van der Waals surface area contributed by atoms with Gasteiger partial charge in [0.15, 0.2) is 0 Å². The second kappa shape index (κ2) is 14.5. The molecule has 0 saturated heterocycles. The van der Waals surface area contributed by atoms with Crippen LogP contribution in [0.4, 0.5) is 0 Å². The first-order valence-corrected chi connectivity index (χ1v) is 12.3. The Morgan fingerprint density at radius 2 is 1.54 bits per heavy atom. The largest absolute Gasteiger partial charge is 0.508 e. The van der Waals surface area contributed by atoms with E-state index in [1.54, 1.807) is 6.92 Å². The predicted octanol–water partition coefficient (Wildman–Crippen LogP) is -1.31. The lowest BCUT2D eigenvalue weighted by molar-refractivity contribution is -0.142. The minimum atomic E-state index is -1.42. The molecule has 2 rings (SSSR count). The molecule has 39 heavy (non-hydrogen) atoms. The lowest BCUT2D eigenvalue weighted by Crippen LogP contribution is -2.58. The zero-order chi connectivity index (χ0) is 29.1. The number of carbonyl (C=O) groups is 5. The number of carboxylic acid groups (broad SMARTS) is 1. The number of aromatic nitrogens is 2. The number of H-pyrrole nitrogens is 1. The summed E-state index contributed by atoms with van der Waals surface area (Å²) in [6.45, 7) is 3.60. The number of nitrogens with zero attached hydrogens (tertiary/aromatic N) is 1. The van der Waals surface area contributed by atoms with Crippen molar-refractivity contribution in [3.05, 3.63) is 48.0 Å². The number of benzene rings is 1. The van der Waals surface area contributed by atoms with Crippen molar-refractivity contribution in [3.63, 3.8) is 0 Å². The summed E-state index contributed by atoms with van der Waals surface area (Å²) in [5.41, 5.74) is 12.2. The van der Waals surface area contributed by atoms with Crippen LogP contribution in [0, 0.1) is 5.92 Å². The number of nitrogens with one attached hydrogen (secondary N) is 4.